The number of carbonyl (C=O) groups is 2. The fraction of sp³-hybridized carbons (Fsp3) is 0.222. The number of carbonyl (C=O) groups excluding carboxylic acids is 2. The maximum Gasteiger partial charge on any atom is 0.255 e. The molecule has 1 N–H and O–H groups in total. The van der Waals surface area contributed by atoms with Crippen LogP contribution in [0.15, 0.2) is 42.5 Å². The maximum absolute atomic E-state index is 12.5. The number of rotatable bonds is 4. The van der Waals surface area contributed by atoms with E-state index < -0.39 is 27.8 Å². The van der Waals surface area contributed by atoms with E-state index in [9.17, 15) is 18.0 Å². The summed E-state index contributed by atoms with van der Waals surface area (Å²) < 4.78 is 30.3. The number of anilines is 2. The van der Waals surface area contributed by atoms with Crippen LogP contribution in [0.3, 0.4) is 0 Å². The van der Waals surface area contributed by atoms with Gasteiger partial charge in [0, 0.05) is 10.6 Å². The van der Waals surface area contributed by atoms with Crippen LogP contribution in [-0.4, -0.2) is 33.1 Å². The zero-order valence-electron chi connectivity index (χ0n) is 14.6. The Kier molecular flexibility index (Phi) is 5.12. The molecule has 7 nitrogen and oxygen atoms in total. The predicted molar refractivity (Wildman–Crippen MR) is 103 cm³/mol. The molecule has 142 valence electrons. The highest BCUT2D eigenvalue weighted by Crippen LogP contribution is 2.30. The van der Waals surface area contributed by atoms with Gasteiger partial charge in [-0.25, -0.2) is 12.7 Å². The summed E-state index contributed by atoms with van der Waals surface area (Å²) >= 11 is 5.95. The van der Waals surface area contributed by atoms with Crippen molar-refractivity contribution in [3.05, 3.63) is 53.1 Å². The molecule has 0 spiro atoms. The highest BCUT2D eigenvalue weighted by atomic mass is 35.5. The first-order chi connectivity index (χ1) is 12.7. The van der Waals surface area contributed by atoms with Gasteiger partial charge >= 0.3 is 0 Å². The minimum atomic E-state index is -3.68. The second kappa shape index (κ2) is 7.21. The SMILES string of the molecule is COc1ccc(Cl)cc1NC(=O)c1ccc(N2C(=O)[C@H](C)CS2(=O)=O)cc1. The number of benzene rings is 2. The van der Waals surface area contributed by atoms with E-state index in [0.29, 0.717) is 16.5 Å². The van der Waals surface area contributed by atoms with Crippen molar-refractivity contribution in [2.45, 2.75) is 6.92 Å². The second-order valence-electron chi connectivity index (χ2n) is 6.13. The van der Waals surface area contributed by atoms with E-state index in [2.05, 4.69) is 5.32 Å². The molecule has 1 heterocycles. The van der Waals surface area contributed by atoms with Gasteiger partial charge < -0.3 is 10.1 Å². The fourth-order valence-corrected chi connectivity index (χ4v) is 4.80. The first-order valence-corrected chi connectivity index (χ1v) is 10.0. The standard InChI is InChI=1S/C18H17ClN2O5S/c1-11-10-27(24,25)21(18(11)23)14-6-3-12(4-7-14)17(22)20-15-9-13(19)5-8-16(15)26-2/h3-9,11H,10H2,1-2H3,(H,20,22)/t11-/m1/s1. The van der Waals surface area contributed by atoms with Gasteiger partial charge in [0.05, 0.1) is 30.2 Å². The number of ether oxygens (including phenoxy) is 1. The molecule has 0 saturated carbocycles. The Labute approximate surface area is 161 Å². The van der Waals surface area contributed by atoms with E-state index in [0.717, 1.165) is 4.31 Å². The first-order valence-electron chi connectivity index (χ1n) is 8.05. The van der Waals surface area contributed by atoms with Crippen LogP contribution in [-0.2, 0) is 14.8 Å². The molecule has 1 fully saturated rings. The third-order valence-corrected chi connectivity index (χ3v) is 6.24. The normalized spacial score (nSPS) is 18.4. The molecule has 2 aromatic rings. The summed E-state index contributed by atoms with van der Waals surface area (Å²) in [6.45, 7) is 1.57. The summed E-state index contributed by atoms with van der Waals surface area (Å²) in [7, 11) is -2.21. The molecule has 1 aliphatic rings. The highest BCUT2D eigenvalue weighted by molar-refractivity contribution is 7.94. The molecule has 1 atom stereocenters. The van der Waals surface area contributed by atoms with Crippen molar-refractivity contribution < 1.29 is 22.7 Å². The van der Waals surface area contributed by atoms with E-state index in [1.165, 1.54) is 31.4 Å². The van der Waals surface area contributed by atoms with E-state index in [1.54, 1.807) is 25.1 Å². The van der Waals surface area contributed by atoms with Gasteiger partial charge in [-0.1, -0.05) is 18.5 Å². The van der Waals surface area contributed by atoms with Crippen molar-refractivity contribution in [3.8, 4) is 5.75 Å². The Bertz CT molecular complexity index is 1000. The Balaban J connectivity index is 1.83. The Morgan fingerprint density at radius 2 is 1.89 bits per heavy atom. The number of nitrogens with zero attached hydrogens (tertiary/aromatic N) is 1. The molecule has 0 aliphatic carbocycles. The zero-order chi connectivity index (χ0) is 19.8. The summed E-state index contributed by atoms with van der Waals surface area (Å²) in [4.78, 5) is 24.6. The number of hydrogen-bond acceptors (Lipinski definition) is 5. The number of amides is 2. The predicted octanol–water partition coefficient (Wildman–Crippen LogP) is 2.91. The van der Waals surface area contributed by atoms with Gasteiger partial charge in [-0.05, 0) is 42.5 Å². The van der Waals surface area contributed by atoms with Crippen LogP contribution >= 0.6 is 11.6 Å². The molecular formula is C18H17ClN2O5S. The van der Waals surface area contributed by atoms with Crippen LogP contribution in [0.1, 0.15) is 17.3 Å². The average molecular weight is 409 g/mol. The maximum atomic E-state index is 12.5. The summed E-state index contributed by atoms with van der Waals surface area (Å²) in [5.74, 6) is -1.26. The van der Waals surface area contributed by atoms with Gasteiger partial charge in [0.25, 0.3) is 5.91 Å². The molecule has 0 unspecified atom stereocenters. The lowest BCUT2D eigenvalue weighted by atomic mass is 10.1. The average Bonchev–Trinajstić information content (AvgIpc) is 2.82. The smallest absolute Gasteiger partial charge is 0.255 e. The van der Waals surface area contributed by atoms with Crippen LogP contribution in [0.4, 0.5) is 11.4 Å². The zero-order valence-corrected chi connectivity index (χ0v) is 16.2. The van der Waals surface area contributed by atoms with E-state index in [1.807, 2.05) is 0 Å². The molecule has 0 bridgehead atoms. The third kappa shape index (κ3) is 3.77. The van der Waals surface area contributed by atoms with Gasteiger partial charge in [-0.2, -0.15) is 0 Å². The monoisotopic (exact) mass is 408 g/mol. The van der Waals surface area contributed by atoms with Crippen LogP contribution in [0.5, 0.6) is 5.75 Å². The Morgan fingerprint density at radius 1 is 1.22 bits per heavy atom. The topological polar surface area (TPSA) is 92.8 Å². The van der Waals surface area contributed by atoms with Crippen LogP contribution < -0.4 is 14.4 Å². The molecule has 2 amide bonds. The van der Waals surface area contributed by atoms with Crippen molar-refractivity contribution in [1.29, 1.82) is 0 Å². The van der Waals surface area contributed by atoms with Crippen LogP contribution in [0.2, 0.25) is 5.02 Å². The molecule has 3 rings (SSSR count). The van der Waals surface area contributed by atoms with E-state index in [4.69, 9.17) is 16.3 Å². The summed E-state index contributed by atoms with van der Waals surface area (Å²) in [6.07, 6.45) is 0. The van der Waals surface area contributed by atoms with E-state index in [-0.39, 0.29) is 17.0 Å². The Morgan fingerprint density at radius 3 is 2.44 bits per heavy atom. The van der Waals surface area contributed by atoms with Gasteiger partial charge in [0.2, 0.25) is 15.9 Å². The largest absolute Gasteiger partial charge is 0.495 e. The summed E-state index contributed by atoms with van der Waals surface area (Å²) in [6, 6.07) is 10.6. The number of sulfonamides is 1. The molecule has 0 radical (unpaired) electrons. The molecule has 1 aliphatic heterocycles. The van der Waals surface area contributed by atoms with Crippen molar-refractivity contribution in [3.63, 3.8) is 0 Å². The first kappa shape index (κ1) is 19.2. The highest BCUT2D eigenvalue weighted by Gasteiger charge is 2.41. The lowest BCUT2D eigenvalue weighted by molar-refractivity contribution is -0.119. The van der Waals surface area contributed by atoms with Gasteiger partial charge in [-0.3, -0.25) is 9.59 Å². The summed E-state index contributed by atoms with van der Waals surface area (Å²) in [5, 5.41) is 3.13. The van der Waals surface area contributed by atoms with Crippen molar-refractivity contribution in [1.82, 2.24) is 0 Å². The number of nitrogens with one attached hydrogen (secondary N) is 1. The second-order valence-corrected chi connectivity index (χ2v) is 8.43. The third-order valence-electron chi connectivity index (χ3n) is 4.13. The lowest BCUT2D eigenvalue weighted by Gasteiger charge is -2.16. The number of hydrogen-bond donors (Lipinski definition) is 1. The van der Waals surface area contributed by atoms with Crippen LogP contribution in [0, 0.1) is 5.92 Å². The Hall–Kier alpha value is -2.58. The number of halogens is 1. The van der Waals surface area contributed by atoms with Crippen molar-refractivity contribution in [2.75, 3.05) is 22.5 Å². The minimum Gasteiger partial charge on any atom is -0.495 e. The van der Waals surface area contributed by atoms with Gasteiger partial charge in [-0.15, -0.1) is 0 Å². The molecular weight excluding hydrogens is 392 g/mol. The van der Waals surface area contributed by atoms with Gasteiger partial charge in [0.1, 0.15) is 5.75 Å². The van der Waals surface area contributed by atoms with Crippen LogP contribution in [0.25, 0.3) is 0 Å². The lowest BCUT2D eigenvalue weighted by Crippen LogP contribution is -2.30. The fourth-order valence-electron chi connectivity index (χ4n) is 2.81. The van der Waals surface area contributed by atoms with Crippen molar-refractivity contribution >= 4 is 44.8 Å². The minimum absolute atomic E-state index is 0.209. The summed E-state index contributed by atoms with van der Waals surface area (Å²) in [5.41, 5.74) is 0.907. The molecule has 0 aromatic heterocycles. The molecule has 2 aromatic carbocycles. The molecule has 1 saturated heterocycles. The molecule has 27 heavy (non-hydrogen) atoms. The quantitative estimate of drug-likeness (QED) is 0.839. The van der Waals surface area contributed by atoms with E-state index >= 15 is 0 Å². The van der Waals surface area contributed by atoms with Crippen molar-refractivity contribution in [2.24, 2.45) is 5.92 Å². The molecule has 9 heteroatoms. The van der Waals surface area contributed by atoms with Gasteiger partial charge in [0.15, 0.2) is 0 Å². The number of methoxy groups -OCH3 is 1.